The van der Waals surface area contributed by atoms with Crippen LogP contribution < -0.4 is 5.32 Å². The second-order valence-corrected chi connectivity index (χ2v) is 18.3. The number of carbonyl (C=O) groups is 2. The molecule has 8 unspecified atom stereocenters. The molecule has 0 radical (unpaired) electrons. The molecule has 406 valence electrons. The van der Waals surface area contributed by atoms with Crippen LogP contribution in [0.2, 0.25) is 0 Å². The van der Waals surface area contributed by atoms with Crippen LogP contribution in [-0.4, -0.2) is 99.6 Å². The standard InChI is InChI=1S/C61H97NO10/c1-4-7-10-13-16-19-22-25-27-28-29-31-34-37-40-43-46-49-56(66)72-59-58(68)57(67)55(50-63)71-61(59)70-51-52(53(64)47-44-41-38-35-32-24-21-18-15-12-9-6-3)62-60(69)54(65)48-45-42-39-36-33-30-26-23-20-17-14-11-8-5-2/h7-8,10-11,14,16-17,19-20,23,25-27,29-31,33,36-37,40,44,47,52-55,57-59,61,63-65,67-68H,4-6,9,12-13,15,18,21-22,24,28,32,34-35,38-39,41-43,45-46,48-51H2,1-3H3,(H,62,69)/b10-7-,11-8+,17-14+,19-16-,23-20-,27-25-,30-26-,31-29-,36-33+,40-37-,47-44+. The highest BCUT2D eigenvalue weighted by atomic mass is 16.7. The van der Waals surface area contributed by atoms with Gasteiger partial charge < -0.3 is 45.1 Å². The molecule has 1 rings (SSSR count). The summed E-state index contributed by atoms with van der Waals surface area (Å²) in [6.45, 7) is 5.43. The number of allylic oxidation sites excluding steroid dienone is 21. The number of ether oxygens (including phenoxy) is 3. The zero-order valence-electron chi connectivity index (χ0n) is 44.5. The predicted molar refractivity (Wildman–Crippen MR) is 296 cm³/mol. The molecule has 0 spiro atoms. The SMILES string of the molecule is CC/C=C\C/C=C\C/C=C\C/C=C\C/C=C\CCCC(=O)OC1C(OCC(NC(=O)C(O)CCCC/C=C/C=C\C=C/C=C/C=C/CC)C(O)/C=C/CCCCCCCCCCCC)OC(CO)C(O)C1O. The Balaban J connectivity index is 2.83. The highest BCUT2D eigenvalue weighted by Gasteiger charge is 2.47. The summed E-state index contributed by atoms with van der Waals surface area (Å²) >= 11 is 0. The fraction of sp³-hybridized carbons (Fsp3) is 0.607. The van der Waals surface area contributed by atoms with Crippen LogP contribution in [0.1, 0.15) is 175 Å². The average molecular weight is 1000 g/mol. The monoisotopic (exact) mass is 1000 g/mol. The van der Waals surface area contributed by atoms with Gasteiger partial charge in [0.25, 0.3) is 0 Å². The minimum absolute atomic E-state index is 0.0312. The van der Waals surface area contributed by atoms with Crippen molar-refractivity contribution in [2.45, 2.75) is 224 Å². The summed E-state index contributed by atoms with van der Waals surface area (Å²) in [7, 11) is 0. The molecule has 0 aliphatic carbocycles. The van der Waals surface area contributed by atoms with Gasteiger partial charge in [0, 0.05) is 6.42 Å². The molecule has 8 atom stereocenters. The third-order valence-electron chi connectivity index (χ3n) is 11.9. The summed E-state index contributed by atoms with van der Waals surface area (Å²) < 4.78 is 17.5. The maximum absolute atomic E-state index is 13.3. The zero-order valence-corrected chi connectivity index (χ0v) is 44.5. The maximum Gasteiger partial charge on any atom is 0.306 e. The minimum atomic E-state index is -1.65. The number of nitrogens with one attached hydrogen (secondary N) is 1. The molecular weight excluding hydrogens is 907 g/mol. The Morgan fingerprint density at radius 3 is 1.65 bits per heavy atom. The van der Waals surface area contributed by atoms with E-state index < -0.39 is 67.4 Å². The van der Waals surface area contributed by atoms with E-state index in [4.69, 9.17) is 14.2 Å². The summed E-state index contributed by atoms with van der Waals surface area (Å²) in [5, 5.41) is 56.7. The van der Waals surface area contributed by atoms with Crippen LogP contribution >= 0.6 is 0 Å². The van der Waals surface area contributed by atoms with Gasteiger partial charge in [-0.1, -0.05) is 219 Å². The molecule has 72 heavy (non-hydrogen) atoms. The van der Waals surface area contributed by atoms with Crippen LogP contribution in [0.4, 0.5) is 0 Å². The van der Waals surface area contributed by atoms with Crippen molar-refractivity contribution in [2.75, 3.05) is 13.2 Å². The number of hydrogen-bond acceptors (Lipinski definition) is 10. The number of aliphatic hydroxyl groups excluding tert-OH is 5. The Morgan fingerprint density at radius 2 is 1.07 bits per heavy atom. The van der Waals surface area contributed by atoms with E-state index in [0.717, 1.165) is 77.0 Å². The molecule has 1 heterocycles. The zero-order chi connectivity index (χ0) is 52.5. The number of esters is 1. The van der Waals surface area contributed by atoms with E-state index >= 15 is 0 Å². The Bertz CT molecular complexity index is 1670. The van der Waals surface area contributed by atoms with Crippen molar-refractivity contribution in [3.8, 4) is 0 Å². The number of amides is 1. The third-order valence-corrected chi connectivity index (χ3v) is 11.9. The quantitative estimate of drug-likeness (QED) is 0.0149. The molecule has 11 nitrogen and oxygen atoms in total. The Hall–Kier alpha value is -4.20. The van der Waals surface area contributed by atoms with Crippen LogP contribution in [0.25, 0.3) is 0 Å². The lowest BCUT2D eigenvalue weighted by molar-refractivity contribution is -0.305. The van der Waals surface area contributed by atoms with Crippen molar-refractivity contribution < 1.29 is 49.3 Å². The summed E-state index contributed by atoms with van der Waals surface area (Å²) in [6.07, 6.45) is 56.4. The lowest BCUT2D eigenvalue weighted by Crippen LogP contribution is -2.61. The Labute approximate surface area is 435 Å². The number of unbranched alkanes of at least 4 members (excludes halogenated alkanes) is 13. The van der Waals surface area contributed by atoms with Crippen molar-refractivity contribution in [3.05, 3.63) is 134 Å². The molecule has 1 fully saturated rings. The van der Waals surface area contributed by atoms with Crippen LogP contribution in [0, 0.1) is 0 Å². The van der Waals surface area contributed by atoms with Crippen molar-refractivity contribution in [1.29, 1.82) is 0 Å². The molecule has 0 aromatic carbocycles. The summed E-state index contributed by atoms with van der Waals surface area (Å²) in [4.78, 5) is 26.4. The van der Waals surface area contributed by atoms with Gasteiger partial charge in [-0.3, -0.25) is 9.59 Å². The average Bonchev–Trinajstić information content (AvgIpc) is 3.38. The second-order valence-electron chi connectivity index (χ2n) is 18.3. The smallest absolute Gasteiger partial charge is 0.306 e. The lowest BCUT2D eigenvalue weighted by atomic mass is 9.99. The van der Waals surface area contributed by atoms with E-state index in [1.165, 1.54) is 44.9 Å². The fourth-order valence-electron chi connectivity index (χ4n) is 7.59. The fourth-order valence-corrected chi connectivity index (χ4v) is 7.59. The molecular formula is C61H97NO10. The first-order valence-electron chi connectivity index (χ1n) is 27.5. The number of rotatable bonds is 43. The van der Waals surface area contributed by atoms with Gasteiger partial charge in [-0.2, -0.15) is 0 Å². The van der Waals surface area contributed by atoms with Gasteiger partial charge in [-0.05, 0) is 83.5 Å². The minimum Gasteiger partial charge on any atom is -0.454 e. The topological polar surface area (TPSA) is 175 Å². The van der Waals surface area contributed by atoms with Gasteiger partial charge >= 0.3 is 5.97 Å². The van der Waals surface area contributed by atoms with Gasteiger partial charge in [-0.15, -0.1) is 0 Å². The molecule has 1 aliphatic rings. The maximum atomic E-state index is 13.3. The predicted octanol–water partition coefficient (Wildman–Crippen LogP) is 12.1. The van der Waals surface area contributed by atoms with Crippen molar-refractivity contribution in [1.82, 2.24) is 5.32 Å². The number of carbonyl (C=O) groups excluding carboxylic acids is 2. The van der Waals surface area contributed by atoms with Crippen LogP contribution in [0.5, 0.6) is 0 Å². The lowest BCUT2D eigenvalue weighted by Gasteiger charge is -2.41. The first-order valence-corrected chi connectivity index (χ1v) is 27.5. The number of hydrogen-bond donors (Lipinski definition) is 6. The largest absolute Gasteiger partial charge is 0.454 e. The van der Waals surface area contributed by atoms with Crippen molar-refractivity contribution in [3.63, 3.8) is 0 Å². The highest BCUT2D eigenvalue weighted by molar-refractivity contribution is 5.80. The molecule has 1 amide bonds. The first-order chi connectivity index (χ1) is 35.2. The normalized spacial score (nSPS) is 20.6. The van der Waals surface area contributed by atoms with E-state index in [9.17, 15) is 35.1 Å². The van der Waals surface area contributed by atoms with Gasteiger partial charge in [0.2, 0.25) is 5.91 Å². The highest BCUT2D eigenvalue weighted by Crippen LogP contribution is 2.26. The van der Waals surface area contributed by atoms with E-state index in [0.29, 0.717) is 19.3 Å². The van der Waals surface area contributed by atoms with Gasteiger partial charge in [0.05, 0.1) is 25.4 Å². The van der Waals surface area contributed by atoms with E-state index in [1.807, 2.05) is 72.9 Å². The van der Waals surface area contributed by atoms with E-state index in [-0.39, 0.29) is 19.4 Å². The summed E-state index contributed by atoms with van der Waals surface area (Å²) in [6, 6.07) is -1.07. The number of aliphatic hydroxyl groups is 5. The molecule has 0 aromatic rings. The second kappa shape index (κ2) is 47.8. The van der Waals surface area contributed by atoms with Crippen LogP contribution in [0.15, 0.2) is 134 Å². The molecule has 11 heteroatoms. The van der Waals surface area contributed by atoms with Crippen molar-refractivity contribution >= 4 is 11.9 Å². The summed E-state index contributed by atoms with van der Waals surface area (Å²) in [5.74, 6) is -1.32. The van der Waals surface area contributed by atoms with Crippen LogP contribution in [-0.2, 0) is 23.8 Å². The third kappa shape index (κ3) is 35.8. The van der Waals surface area contributed by atoms with E-state index in [2.05, 4.69) is 80.8 Å². The van der Waals surface area contributed by atoms with E-state index in [1.54, 1.807) is 6.08 Å². The molecule has 1 saturated heterocycles. The van der Waals surface area contributed by atoms with Gasteiger partial charge in [0.15, 0.2) is 12.4 Å². The molecule has 6 N–H and O–H groups in total. The van der Waals surface area contributed by atoms with Crippen LogP contribution in [0.3, 0.4) is 0 Å². The van der Waals surface area contributed by atoms with Gasteiger partial charge in [-0.25, -0.2) is 0 Å². The Morgan fingerprint density at radius 1 is 0.569 bits per heavy atom. The summed E-state index contributed by atoms with van der Waals surface area (Å²) in [5.41, 5.74) is 0. The molecule has 0 aromatic heterocycles. The van der Waals surface area contributed by atoms with Crippen molar-refractivity contribution in [2.24, 2.45) is 0 Å². The molecule has 0 bridgehead atoms. The van der Waals surface area contributed by atoms with Gasteiger partial charge in [0.1, 0.15) is 24.4 Å². The molecule has 0 saturated carbocycles. The first kappa shape index (κ1) is 65.8. The Kier molecular flexibility index (Phi) is 43.7. The molecule has 1 aliphatic heterocycles.